The van der Waals surface area contributed by atoms with Crippen molar-refractivity contribution < 1.29 is 80.5 Å². The number of likely N-dealkylation sites (N-methyl/N-ethyl adjacent to an activating group) is 2. The number of methoxy groups -OCH3 is 4. The Balaban J connectivity index is 0.000000121. The topological polar surface area (TPSA) is 315 Å². The summed E-state index contributed by atoms with van der Waals surface area (Å²) in [5.74, 6) is 12.1. The van der Waals surface area contributed by atoms with E-state index in [0.717, 1.165) is 155 Å². The molecular formula is C117H115N9O17. The highest BCUT2D eigenvalue weighted by atomic mass is 16.5. The number of nitrogens with two attached hydrogens (primary N) is 2. The molecule has 730 valence electrons. The van der Waals surface area contributed by atoms with Crippen LogP contribution in [0.3, 0.4) is 0 Å². The molecule has 0 aliphatic heterocycles. The first-order valence-electron chi connectivity index (χ1n) is 48.5. The summed E-state index contributed by atoms with van der Waals surface area (Å²) < 4.78 is 77.1. The maximum absolute atomic E-state index is 13.0. The zero-order valence-electron chi connectivity index (χ0n) is 82.2. The van der Waals surface area contributed by atoms with Crippen molar-refractivity contribution in [3.8, 4) is 92.0 Å². The molecule has 26 nitrogen and oxygen atoms in total. The first kappa shape index (κ1) is 96.5. The van der Waals surface area contributed by atoms with Crippen LogP contribution < -0.4 is 68.3 Å². The van der Waals surface area contributed by atoms with Gasteiger partial charge in [-0.1, -0.05) is 91.8 Å². The van der Waals surface area contributed by atoms with Gasteiger partial charge >= 0.3 is 0 Å². The van der Waals surface area contributed by atoms with Crippen LogP contribution >= 0.6 is 0 Å². The van der Waals surface area contributed by atoms with E-state index in [-0.39, 0.29) is 51.7 Å². The van der Waals surface area contributed by atoms with Gasteiger partial charge in [-0.15, -0.1) is 0 Å². The molecule has 5 aliphatic rings. The van der Waals surface area contributed by atoms with Crippen molar-refractivity contribution in [2.24, 2.45) is 17.4 Å². The second kappa shape index (κ2) is 41.1. The van der Waals surface area contributed by atoms with Crippen molar-refractivity contribution in [3.63, 3.8) is 0 Å². The highest BCUT2D eigenvalue weighted by Crippen LogP contribution is 2.49. The minimum atomic E-state index is -0.242. The first-order valence-corrected chi connectivity index (χ1v) is 48.5. The summed E-state index contributed by atoms with van der Waals surface area (Å²) in [5.41, 5.74) is 18.6. The zero-order chi connectivity index (χ0) is 99.4. The highest BCUT2D eigenvalue weighted by molar-refractivity contribution is 6.12. The maximum atomic E-state index is 13.0. The lowest BCUT2D eigenvalue weighted by molar-refractivity contribution is 0.0972. The zero-order valence-corrected chi connectivity index (χ0v) is 82.2. The van der Waals surface area contributed by atoms with Crippen molar-refractivity contribution in [1.82, 2.24) is 34.9 Å². The molecule has 5 aromatic heterocycles. The van der Waals surface area contributed by atoms with Gasteiger partial charge in [0.15, 0.2) is 69.1 Å². The first-order chi connectivity index (χ1) is 69.3. The van der Waals surface area contributed by atoms with Crippen molar-refractivity contribution >= 4 is 110 Å². The third-order valence-corrected chi connectivity index (χ3v) is 27.7. The molecule has 143 heavy (non-hydrogen) atoms. The predicted molar refractivity (Wildman–Crippen MR) is 555 cm³/mol. The van der Waals surface area contributed by atoms with Gasteiger partial charge in [-0.25, -0.2) is 0 Å². The van der Waals surface area contributed by atoms with E-state index in [1.807, 2.05) is 232 Å². The summed E-state index contributed by atoms with van der Waals surface area (Å²) in [6, 6.07) is 70.5. The number of nitrogens with zero attached hydrogens (tertiary/aromatic N) is 7. The highest BCUT2D eigenvalue weighted by Gasteiger charge is 2.47. The SMILES string of the molecule is CCC(=O)c1cccc2cc(Oc3ccnc4cc(OCC5(N(C)C)CC5)c(OC)cc34)ccc12.CCC(=O)c1cccc2cc(Oc3ccnc4cc(OCC5(N)CC5)c(OC)cc34)ccc12.COc1cc2c(Oc3ccc4c(C(=O)CC5CC5)cccc4c3)ccnc2cc1OCC1(N(C)C)CC1.COc1cc2c(Oc3ccc4c(C(=O)Cc5cc(C)on5)cccc4c3)ccnc2cc1OCC1(N)CC1. The number of ketones is 4. The molecule has 5 heterocycles. The number of aryl methyl sites for hydroxylation is 1. The number of Topliss-reactive ketones (excluding diaryl/α,β-unsaturated/α-hetero) is 4. The fourth-order valence-corrected chi connectivity index (χ4v) is 17.8. The van der Waals surface area contributed by atoms with Gasteiger partial charge in [0.2, 0.25) is 0 Å². The molecule has 0 atom stereocenters. The molecule has 0 amide bonds. The van der Waals surface area contributed by atoms with Crippen molar-refractivity contribution in [2.75, 3.05) is 83.1 Å². The quantitative estimate of drug-likeness (QED) is 0.0345. The lowest BCUT2D eigenvalue weighted by Crippen LogP contribution is -2.35. The molecule has 5 aliphatic carbocycles. The summed E-state index contributed by atoms with van der Waals surface area (Å²) >= 11 is 0. The Labute approximate surface area is 828 Å². The van der Waals surface area contributed by atoms with Crippen LogP contribution in [-0.2, 0) is 6.42 Å². The number of hydrogen-bond acceptors (Lipinski definition) is 26. The molecule has 17 aromatic rings. The van der Waals surface area contributed by atoms with Crippen LogP contribution in [0.1, 0.15) is 150 Å². The van der Waals surface area contributed by atoms with E-state index in [4.69, 9.17) is 72.8 Å². The summed E-state index contributed by atoms with van der Waals surface area (Å²) in [6.07, 6.45) is 19.4. The Morgan fingerprint density at radius 1 is 0.343 bits per heavy atom. The molecule has 0 saturated heterocycles. The monoisotopic (exact) mass is 1920 g/mol. The summed E-state index contributed by atoms with van der Waals surface area (Å²) in [5, 5.41) is 14.7. The fourth-order valence-electron chi connectivity index (χ4n) is 17.8. The van der Waals surface area contributed by atoms with E-state index < -0.39 is 0 Å². The van der Waals surface area contributed by atoms with Crippen LogP contribution in [0.15, 0.2) is 254 Å². The van der Waals surface area contributed by atoms with E-state index in [2.05, 4.69) is 63.1 Å². The van der Waals surface area contributed by atoms with Gasteiger partial charge in [0.05, 0.1) is 84.8 Å². The minimum absolute atomic E-state index is 0.0231. The van der Waals surface area contributed by atoms with E-state index in [1.165, 1.54) is 12.8 Å². The number of ether oxygens (including phenoxy) is 12. The van der Waals surface area contributed by atoms with Crippen LogP contribution in [0, 0.1) is 12.8 Å². The Bertz CT molecular complexity index is 7730. The average Bonchev–Trinajstić information content (AvgIpc) is 1.26. The van der Waals surface area contributed by atoms with Gasteiger partial charge < -0.3 is 82.6 Å². The van der Waals surface area contributed by atoms with Gasteiger partial charge in [0, 0.05) is 118 Å². The lowest BCUT2D eigenvalue weighted by atomic mass is 9.98. The molecule has 22 rings (SSSR count). The van der Waals surface area contributed by atoms with E-state index >= 15 is 0 Å². The Morgan fingerprint density at radius 2 is 0.643 bits per heavy atom. The molecule has 0 radical (unpaired) electrons. The fraction of sp³-hybridized carbons (Fsp3) is 0.291. The Kier molecular flexibility index (Phi) is 27.7. The number of carbonyl (C=O) groups excluding carboxylic acids is 4. The van der Waals surface area contributed by atoms with Crippen LogP contribution in [0.25, 0.3) is 86.7 Å². The summed E-state index contributed by atoms with van der Waals surface area (Å²) in [7, 11) is 14.9. The van der Waals surface area contributed by atoms with E-state index in [0.29, 0.717) is 161 Å². The van der Waals surface area contributed by atoms with Crippen LogP contribution in [0.5, 0.6) is 92.0 Å². The van der Waals surface area contributed by atoms with Crippen molar-refractivity contribution in [2.45, 2.75) is 133 Å². The van der Waals surface area contributed by atoms with Gasteiger partial charge in [-0.2, -0.15) is 0 Å². The summed E-state index contributed by atoms with van der Waals surface area (Å²) in [4.78, 5) is 72.9. The van der Waals surface area contributed by atoms with E-state index in [9.17, 15) is 19.2 Å². The standard InChI is InChI=1S/C31H32N2O4.C30H27N3O5.C29H30N2O4.C27H26N2O4/c1-33(2)31(12-13-31)19-36-30-18-26-25(17-29(30)35-3)28(11-14-32-26)37-22-9-10-23-21(16-22)5-4-6-24(23)27(34)15-20-7-8-20;1-18-12-20(33-38-18)14-26(34)23-5-3-4-19-13-21(6-7-22(19)23)37-27-8-11-32-25-16-29(28(35-2)15-24(25)27)36-17-30(31)9-10-30;1-5-25(32)22-8-6-7-19-15-20(9-10-21(19)22)35-26-11-14-30-24-17-28(27(33-4)16-23(24)26)34-18-29(12-13-29)31(2)3;1-3-23(30)20-6-4-5-17-13-18(7-8-19(17)20)33-24-9-12-29-22-15-26(25(31-2)14-21(22)24)32-16-27(28)10-11-27/h4-6,9-11,14,16-18,20H,7-8,12-13,15,19H2,1-3H3;3-8,11-13,15-16H,9-10,14,17,31H2,1-2H3;6-11,14-17H,5,12-13,18H2,1-4H3;4-9,12-15H,3,10-11,16,28H2,1-2H3. The summed E-state index contributed by atoms with van der Waals surface area (Å²) in [6.45, 7) is 7.66. The number of hydrogen-bond donors (Lipinski definition) is 2. The third kappa shape index (κ3) is 21.8. The van der Waals surface area contributed by atoms with Crippen LogP contribution in [0.2, 0.25) is 0 Å². The molecule has 0 bridgehead atoms. The third-order valence-electron chi connectivity index (χ3n) is 27.7. The second-order valence-corrected chi connectivity index (χ2v) is 38.2. The molecule has 5 fully saturated rings. The van der Waals surface area contributed by atoms with Crippen molar-refractivity contribution in [3.05, 3.63) is 283 Å². The minimum Gasteiger partial charge on any atom is -0.493 e. The molecule has 26 heteroatoms. The largest absolute Gasteiger partial charge is 0.493 e. The molecular weight excluding hydrogens is 1800 g/mol. The smallest absolute Gasteiger partial charge is 0.169 e. The number of pyridine rings is 4. The van der Waals surface area contributed by atoms with Gasteiger partial charge in [-0.05, 0) is 270 Å². The molecule has 12 aromatic carbocycles. The van der Waals surface area contributed by atoms with Gasteiger partial charge in [-0.3, -0.25) is 39.1 Å². The number of aromatic nitrogens is 5. The van der Waals surface area contributed by atoms with Crippen molar-refractivity contribution in [1.29, 1.82) is 0 Å². The Morgan fingerprint density at radius 3 is 0.909 bits per heavy atom. The lowest BCUT2D eigenvalue weighted by Gasteiger charge is -2.24. The molecule has 5 saturated carbocycles. The van der Waals surface area contributed by atoms with Gasteiger partial charge in [0.1, 0.15) is 78.2 Å². The molecule has 0 unspecified atom stereocenters. The number of fused-ring (bicyclic) bond motifs is 8. The average molecular weight is 1920 g/mol. The van der Waals surface area contributed by atoms with Gasteiger partial charge in [0.25, 0.3) is 0 Å². The molecule has 4 N–H and O–H groups in total. The number of carbonyl (C=O) groups is 4. The van der Waals surface area contributed by atoms with Crippen LogP contribution in [-0.4, -0.2) is 163 Å². The normalized spacial score (nSPS) is 14.7. The predicted octanol–water partition coefficient (Wildman–Crippen LogP) is 24.3. The molecule has 0 spiro atoms. The number of benzene rings is 12. The second-order valence-electron chi connectivity index (χ2n) is 38.2. The maximum Gasteiger partial charge on any atom is 0.169 e. The van der Waals surface area contributed by atoms with Crippen LogP contribution in [0.4, 0.5) is 0 Å². The Hall–Kier alpha value is -15.4. The number of rotatable bonds is 36. The van der Waals surface area contributed by atoms with E-state index in [1.54, 1.807) is 66.2 Å².